The van der Waals surface area contributed by atoms with E-state index in [2.05, 4.69) is 15.0 Å². The first-order chi connectivity index (χ1) is 7.18. The third-order valence-electron chi connectivity index (χ3n) is 1.99. The summed E-state index contributed by atoms with van der Waals surface area (Å²) in [7, 11) is 0. The van der Waals surface area contributed by atoms with Gasteiger partial charge in [0.05, 0.1) is 12.7 Å². The average Bonchev–Trinajstić information content (AvgIpc) is 2.59. The van der Waals surface area contributed by atoms with Crippen molar-refractivity contribution in [2.45, 2.75) is 13.0 Å². The SMILES string of the molecule is O=C([OH2+])CCn1cnc2c(=O)[nH]cnc21. The molecule has 0 aliphatic heterocycles. The molecule has 7 nitrogen and oxygen atoms in total. The summed E-state index contributed by atoms with van der Waals surface area (Å²) in [5.41, 5.74) is 0.367. The predicted molar refractivity (Wildman–Crippen MR) is 51.4 cm³/mol. The van der Waals surface area contributed by atoms with Crippen molar-refractivity contribution in [2.24, 2.45) is 0 Å². The summed E-state index contributed by atoms with van der Waals surface area (Å²) in [4.78, 5) is 32.0. The van der Waals surface area contributed by atoms with Gasteiger partial charge in [0.25, 0.3) is 5.56 Å². The van der Waals surface area contributed by atoms with Gasteiger partial charge in [0, 0.05) is 11.3 Å². The standard InChI is InChI=1S/C8H8N4O3/c13-5(14)1-2-12-4-11-6-7(12)9-3-10-8(6)15/h3-4H,1-2H2,(H,13,14)(H,9,10,15)/p+1. The maximum atomic E-state index is 11.3. The summed E-state index contributed by atoms with van der Waals surface area (Å²) in [5.74, 6) is -0.651. The van der Waals surface area contributed by atoms with Crippen LogP contribution in [0.4, 0.5) is 0 Å². The van der Waals surface area contributed by atoms with Gasteiger partial charge < -0.3 is 14.7 Å². The molecule has 0 aliphatic carbocycles. The van der Waals surface area contributed by atoms with E-state index in [1.54, 1.807) is 4.57 Å². The molecule has 0 amide bonds. The van der Waals surface area contributed by atoms with E-state index in [1.807, 2.05) is 0 Å². The lowest BCUT2D eigenvalue weighted by atomic mass is 10.4. The molecule has 0 aromatic carbocycles. The topological polar surface area (TPSA) is 104 Å². The van der Waals surface area contributed by atoms with Gasteiger partial charge in [-0.05, 0) is 0 Å². The molecule has 15 heavy (non-hydrogen) atoms. The van der Waals surface area contributed by atoms with Gasteiger partial charge >= 0.3 is 5.97 Å². The van der Waals surface area contributed by atoms with E-state index in [9.17, 15) is 9.59 Å². The lowest BCUT2D eigenvalue weighted by molar-refractivity contribution is -0.137. The van der Waals surface area contributed by atoms with E-state index in [1.165, 1.54) is 12.7 Å². The average molecular weight is 209 g/mol. The number of H-pyrrole nitrogens is 1. The molecular formula is C8H9N4O3+. The Kier molecular flexibility index (Phi) is 2.20. The molecule has 0 saturated heterocycles. The van der Waals surface area contributed by atoms with Crippen LogP contribution in [0.5, 0.6) is 0 Å². The van der Waals surface area contributed by atoms with Gasteiger partial charge in [0.15, 0.2) is 11.2 Å². The van der Waals surface area contributed by atoms with E-state index in [4.69, 9.17) is 5.11 Å². The fourth-order valence-corrected chi connectivity index (χ4v) is 1.28. The fraction of sp³-hybridized carbons (Fsp3) is 0.250. The largest absolute Gasteiger partial charge is 0.565 e. The number of nitrogens with zero attached hydrogens (tertiary/aromatic N) is 3. The second-order valence-electron chi connectivity index (χ2n) is 3.02. The molecular weight excluding hydrogens is 200 g/mol. The zero-order chi connectivity index (χ0) is 10.8. The van der Waals surface area contributed by atoms with Gasteiger partial charge in [0.2, 0.25) is 0 Å². The normalized spacial score (nSPS) is 10.7. The minimum Gasteiger partial charge on any atom is -0.565 e. The second kappa shape index (κ2) is 3.52. The smallest absolute Gasteiger partial charge is 0.517 e. The Morgan fingerprint density at radius 2 is 2.33 bits per heavy atom. The third-order valence-corrected chi connectivity index (χ3v) is 1.99. The second-order valence-corrected chi connectivity index (χ2v) is 3.02. The molecule has 0 unspecified atom stereocenters. The number of nitrogens with one attached hydrogen (secondary N) is 1. The number of carbonyl (C=O) groups is 1. The highest BCUT2D eigenvalue weighted by molar-refractivity contribution is 5.70. The van der Waals surface area contributed by atoms with Crippen molar-refractivity contribution in [2.75, 3.05) is 0 Å². The first kappa shape index (κ1) is 9.38. The molecule has 2 rings (SSSR count). The molecule has 0 saturated carbocycles. The van der Waals surface area contributed by atoms with E-state index in [0.29, 0.717) is 12.2 Å². The summed E-state index contributed by atoms with van der Waals surface area (Å²) in [5, 5.41) is 6.77. The van der Waals surface area contributed by atoms with Gasteiger partial charge in [-0.2, -0.15) is 0 Å². The maximum absolute atomic E-state index is 11.3. The molecule has 0 atom stereocenters. The van der Waals surface area contributed by atoms with Crippen LogP contribution in [0, 0.1) is 0 Å². The van der Waals surface area contributed by atoms with Crippen LogP contribution in [0.3, 0.4) is 0 Å². The molecule has 2 aromatic heterocycles. The van der Waals surface area contributed by atoms with E-state index in [-0.39, 0.29) is 17.5 Å². The van der Waals surface area contributed by atoms with Crippen LogP contribution in [0.1, 0.15) is 6.42 Å². The van der Waals surface area contributed by atoms with Crippen LogP contribution in [-0.4, -0.2) is 30.6 Å². The van der Waals surface area contributed by atoms with Gasteiger partial charge in [-0.15, -0.1) is 0 Å². The van der Waals surface area contributed by atoms with Crippen molar-refractivity contribution < 1.29 is 9.90 Å². The van der Waals surface area contributed by atoms with E-state index < -0.39 is 5.97 Å². The monoisotopic (exact) mass is 209 g/mol. The zero-order valence-electron chi connectivity index (χ0n) is 7.73. The van der Waals surface area contributed by atoms with Crippen LogP contribution in [0.15, 0.2) is 17.4 Å². The summed E-state index contributed by atoms with van der Waals surface area (Å²) in [6.45, 7) is 0.315. The summed E-state index contributed by atoms with van der Waals surface area (Å²) >= 11 is 0. The van der Waals surface area contributed by atoms with Crippen LogP contribution < -0.4 is 5.56 Å². The van der Waals surface area contributed by atoms with Crippen molar-refractivity contribution in [3.05, 3.63) is 23.0 Å². The highest BCUT2D eigenvalue weighted by Gasteiger charge is 2.10. The minimum absolute atomic E-state index is 0.0833. The fourth-order valence-electron chi connectivity index (χ4n) is 1.28. The third kappa shape index (κ3) is 1.71. The number of rotatable bonds is 3. The number of aromatic nitrogens is 4. The molecule has 0 spiro atoms. The highest BCUT2D eigenvalue weighted by Crippen LogP contribution is 2.04. The number of hydrogen-bond acceptors (Lipinski definition) is 4. The Morgan fingerprint density at radius 1 is 1.53 bits per heavy atom. The summed E-state index contributed by atoms with van der Waals surface area (Å²) in [6.07, 6.45) is 2.81. The molecule has 3 N–H and O–H groups in total. The Morgan fingerprint density at radius 3 is 3.07 bits per heavy atom. The number of aryl methyl sites for hydroxylation is 1. The summed E-state index contributed by atoms with van der Waals surface area (Å²) in [6, 6.07) is 0. The number of imidazole rings is 1. The quantitative estimate of drug-likeness (QED) is 0.638. The maximum Gasteiger partial charge on any atom is 0.517 e. The van der Waals surface area contributed by atoms with Crippen LogP contribution >= 0.6 is 0 Å². The Labute approximate surface area is 83.4 Å². The molecule has 2 heterocycles. The number of carbonyl (C=O) groups excluding carboxylic acids is 1. The van der Waals surface area contributed by atoms with Crippen LogP contribution in [-0.2, 0) is 11.3 Å². The Balaban J connectivity index is 2.41. The van der Waals surface area contributed by atoms with Crippen LogP contribution in [0.25, 0.3) is 11.2 Å². The zero-order valence-corrected chi connectivity index (χ0v) is 7.73. The molecule has 7 heteroatoms. The van der Waals surface area contributed by atoms with Crippen LogP contribution in [0.2, 0.25) is 0 Å². The van der Waals surface area contributed by atoms with Gasteiger partial charge in [0.1, 0.15) is 6.42 Å². The number of fused-ring (bicyclic) bond motifs is 1. The first-order valence-electron chi connectivity index (χ1n) is 4.31. The van der Waals surface area contributed by atoms with E-state index in [0.717, 1.165) is 0 Å². The van der Waals surface area contributed by atoms with Crippen molar-refractivity contribution in [3.63, 3.8) is 0 Å². The molecule has 0 bridgehead atoms. The first-order valence-corrected chi connectivity index (χ1v) is 4.31. The Bertz CT molecular complexity index is 556. The minimum atomic E-state index is -0.651. The molecule has 0 fully saturated rings. The lowest BCUT2D eigenvalue weighted by Gasteiger charge is -1.97. The number of aromatic amines is 1. The molecule has 0 aliphatic rings. The number of hydrogen-bond donors (Lipinski definition) is 1. The predicted octanol–water partition coefficient (Wildman–Crippen LogP) is -1.24. The van der Waals surface area contributed by atoms with Gasteiger partial charge in [-0.25, -0.2) is 9.97 Å². The molecule has 78 valence electrons. The van der Waals surface area contributed by atoms with Crippen molar-refractivity contribution >= 4 is 17.1 Å². The van der Waals surface area contributed by atoms with Crippen molar-refractivity contribution in [3.8, 4) is 0 Å². The highest BCUT2D eigenvalue weighted by atomic mass is 16.4. The van der Waals surface area contributed by atoms with Gasteiger partial charge in [-0.3, -0.25) is 4.79 Å². The summed E-state index contributed by atoms with van der Waals surface area (Å²) < 4.78 is 1.58. The molecule has 0 radical (unpaired) electrons. The Hall–Kier alpha value is -2.18. The van der Waals surface area contributed by atoms with E-state index >= 15 is 0 Å². The van der Waals surface area contributed by atoms with Gasteiger partial charge in [-0.1, -0.05) is 0 Å². The van der Waals surface area contributed by atoms with Crippen molar-refractivity contribution in [1.29, 1.82) is 0 Å². The lowest BCUT2D eigenvalue weighted by Crippen LogP contribution is -2.08. The van der Waals surface area contributed by atoms with Crippen molar-refractivity contribution in [1.82, 2.24) is 19.5 Å². The molecule has 2 aromatic rings.